The second-order valence-corrected chi connectivity index (χ2v) is 4.64. The monoisotopic (exact) mass is 273 g/mol. The van der Waals surface area contributed by atoms with E-state index in [1.54, 1.807) is 36.2 Å². The molecule has 2 N–H and O–H groups in total. The lowest BCUT2D eigenvalue weighted by Crippen LogP contribution is -2.28. The summed E-state index contributed by atoms with van der Waals surface area (Å²) in [5, 5.41) is 0. The van der Waals surface area contributed by atoms with Gasteiger partial charge in [-0.15, -0.1) is 0 Å². The van der Waals surface area contributed by atoms with Crippen molar-refractivity contribution in [2.24, 2.45) is 0 Å². The van der Waals surface area contributed by atoms with Crippen molar-refractivity contribution >= 4 is 11.6 Å². The van der Waals surface area contributed by atoms with Gasteiger partial charge < -0.3 is 10.6 Å². The maximum atomic E-state index is 12.8. The van der Waals surface area contributed by atoms with Crippen molar-refractivity contribution in [1.29, 1.82) is 0 Å². The van der Waals surface area contributed by atoms with Crippen LogP contribution in [0, 0.1) is 5.82 Å². The van der Waals surface area contributed by atoms with Gasteiger partial charge in [0.05, 0.1) is 18.3 Å². The molecule has 0 spiro atoms. The molecule has 0 bridgehead atoms. The smallest absolute Gasteiger partial charge is 0.228 e. The molecule has 20 heavy (non-hydrogen) atoms. The van der Waals surface area contributed by atoms with E-state index in [4.69, 9.17) is 5.73 Å². The van der Waals surface area contributed by atoms with Crippen LogP contribution < -0.4 is 5.73 Å². The van der Waals surface area contributed by atoms with Crippen molar-refractivity contribution in [2.75, 3.05) is 12.8 Å². The van der Waals surface area contributed by atoms with Crippen molar-refractivity contribution in [3.05, 3.63) is 59.7 Å². The molecule has 0 fully saturated rings. The molecule has 0 atom stereocenters. The minimum absolute atomic E-state index is 0.0494. The topological polar surface area (TPSA) is 59.2 Å². The summed E-state index contributed by atoms with van der Waals surface area (Å²) in [6, 6.07) is 9.56. The Hall–Kier alpha value is -2.43. The van der Waals surface area contributed by atoms with Crippen LogP contribution >= 0.6 is 0 Å². The number of likely N-dealkylation sites (N-methyl/N-ethyl adjacent to an activating group) is 1. The molecule has 0 saturated heterocycles. The fraction of sp³-hybridized carbons (Fsp3) is 0.200. The number of nitrogen functional groups attached to an aromatic ring is 1. The first kappa shape index (κ1) is 14.0. The van der Waals surface area contributed by atoms with Crippen molar-refractivity contribution in [2.45, 2.75) is 13.0 Å². The Bertz CT molecular complexity index is 581. The fourth-order valence-corrected chi connectivity index (χ4v) is 1.78. The number of pyridine rings is 1. The number of nitrogens with zero attached hydrogens (tertiary/aromatic N) is 2. The lowest BCUT2D eigenvalue weighted by molar-refractivity contribution is -0.129. The number of hydrogen-bond donors (Lipinski definition) is 1. The first-order chi connectivity index (χ1) is 9.54. The van der Waals surface area contributed by atoms with E-state index in [0.717, 1.165) is 5.56 Å². The van der Waals surface area contributed by atoms with Crippen LogP contribution in [0.1, 0.15) is 11.3 Å². The Morgan fingerprint density at radius 2 is 1.95 bits per heavy atom. The average Bonchev–Trinajstić information content (AvgIpc) is 2.44. The third-order valence-corrected chi connectivity index (χ3v) is 2.94. The molecule has 0 unspecified atom stereocenters. The summed E-state index contributed by atoms with van der Waals surface area (Å²) < 4.78 is 12.8. The van der Waals surface area contributed by atoms with Crippen LogP contribution in [0.25, 0.3) is 0 Å². The maximum absolute atomic E-state index is 12.8. The van der Waals surface area contributed by atoms with E-state index in [1.165, 1.54) is 18.3 Å². The molecule has 0 saturated carbocycles. The van der Waals surface area contributed by atoms with E-state index in [-0.39, 0.29) is 18.1 Å². The zero-order chi connectivity index (χ0) is 14.5. The van der Waals surface area contributed by atoms with Gasteiger partial charge in [-0.05, 0) is 29.8 Å². The second kappa shape index (κ2) is 6.14. The summed E-state index contributed by atoms with van der Waals surface area (Å²) in [4.78, 5) is 17.7. The predicted octanol–water partition coefficient (Wildman–Crippen LogP) is 2.00. The Kier molecular flexibility index (Phi) is 4.30. The van der Waals surface area contributed by atoms with Gasteiger partial charge >= 0.3 is 0 Å². The minimum Gasteiger partial charge on any atom is -0.397 e. The van der Waals surface area contributed by atoms with Crippen LogP contribution in [0.4, 0.5) is 10.1 Å². The number of carbonyl (C=O) groups excluding carboxylic acids is 1. The molecular weight excluding hydrogens is 257 g/mol. The summed E-state index contributed by atoms with van der Waals surface area (Å²) in [7, 11) is 1.71. The summed E-state index contributed by atoms with van der Waals surface area (Å²) in [6.45, 7) is 0.439. The molecule has 0 aliphatic heterocycles. The highest BCUT2D eigenvalue weighted by molar-refractivity contribution is 5.78. The molecule has 2 aromatic rings. The number of carbonyl (C=O) groups is 1. The van der Waals surface area contributed by atoms with E-state index in [9.17, 15) is 9.18 Å². The predicted molar refractivity (Wildman–Crippen MR) is 75.2 cm³/mol. The lowest BCUT2D eigenvalue weighted by Gasteiger charge is -2.17. The highest BCUT2D eigenvalue weighted by atomic mass is 19.1. The summed E-state index contributed by atoms with van der Waals surface area (Å²) in [6.07, 6.45) is 1.75. The molecule has 4 nitrogen and oxygen atoms in total. The van der Waals surface area contributed by atoms with Crippen LogP contribution in [0.3, 0.4) is 0 Å². The van der Waals surface area contributed by atoms with Gasteiger partial charge in [0.1, 0.15) is 5.82 Å². The largest absolute Gasteiger partial charge is 0.397 e. The molecule has 1 aromatic heterocycles. The van der Waals surface area contributed by atoms with E-state index >= 15 is 0 Å². The first-order valence-electron chi connectivity index (χ1n) is 6.23. The summed E-state index contributed by atoms with van der Waals surface area (Å²) >= 11 is 0. The molecule has 1 aromatic carbocycles. The normalized spacial score (nSPS) is 10.3. The average molecular weight is 273 g/mol. The Morgan fingerprint density at radius 1 is 1.25 bits per heavy atom. The Balaban J connectivity index is 1.94. The van der Waals surface area contributed by atoms with Crippen LogP contribution in [0.15, 0.2) is 42.6 Å². The van der Waals surface area contributed by atoms with E-state index in [1.807, 2.05) is 0 Å². The van der Waals surface area contributed by atoms with E-state index in [0.29, 0.717) is 17.9 Å². The van der Waals surface area contributed by atoms with Gasteiger partial charge in [0.2, 0.25) is 5.91 Å². The Morgan fingerprint density at radius 3 is 2.55 bits per heavy atom. The van der Waals surface area contributed by atoms with Gasteiger partial charge in [-0.2, -0.15) is 0 Å². The van der Waals surface area contributed by atoms with Gasteiger partial charge in [0.15, 0.2) is 0 Å². The zero-order valence-corrected chi connectivity index (χ0v) is 11.2. The maximum Gasteiger partial charge on any atom is 0.228 e. The molecule has 2 rings (SSSR count). The molecular formula is C15H16FN3O. The highest BCUT2D eigenvalue weighted by Gasteiger charge is 2.11. The number of aromatic nitrogens is 1. The fourth-order valence-electron chi connectivity index (χ4n) is 1.78. The van der Waals surface area contributed by atoms with Gasteiger partial charge in [-0.3, -0.25) is 9.78 Å². The highest BCUT2D eigenvalue weighted by Crippen LogP contribution is 2.08. The third-order valence-electron chi connectivity index (χ3n) is 2.94. The number of rotatable bonds is 4. The number of hydrogen-bond acceptors (Lipinski definition) is 3. The number of amides is 1. The zero-order valence-electron chi connectivity index (χ0n) is 11.2. The van der Waals surface area contributed by atoms with Gasteiger partial charge in [-0.25, -0.2) is 4.39 Å². The number of benzene rings is 1. The molecule has 0 aliphatic rings. The second-order valence-electron chi connectivity index (χ2n) is 4.64. The SMILES string of the molecule is CN(Cc1ccc(F)cc1)C(=O)Cc1ccc(N)cn1. The van der Waals surface area contributed by atoms with Gasteiger partial charge in [0.25, 0.3) is 0 Å². The quantitative estimate of drug-likeness (QED) is 0.927. The van der Waals surface area contributed by atoms with Crippen molar-refractivity contribution < 1.29 is 9.18 Å². The lowest BCUT2D eigenvalue weighted by atomic mass is 10.2. The molecule has 5 heteroatoms. The molecule has 1 heterocycles. The van der Waals surface area contributed by atoms with Crippen LogP contribution in [0.5, 0.6) is 0 Å². The van der Waals surface area contributed by atoms with Crippen molar-refractivity contribution in [1.82, 2.24) is 9.88 Å². The summed E-state index contributed by atoms with van der Waals surface area (Å²) in [5.74, 6) is -0.333. The molecule has 0 radical (unpaired) electrons. The number of halogens is 1. The van der Waals surface area contributed by atoms with Crippen molar-refractivity contribution in [3.8, 4) is 0 Å². The third kappa shape index (κ3) is 3.78. The number of anilines is 1. The molecule has 104 valence electrons. The van der Waals surface area contributed by atoms with Crippen molar-refractivity contribution in [3.63, 3.8) is 0 Å². The molecule has 0 aliphatic carbocycles. The van der Waals surface area contributed by atoms with Gasteiger partial charge in [0, 0.05) is 19.3 Å². The van der Waals surface area contributed by atoms with Crippen LogP contribution in [-0.4, -0.2) is 22.8 Å². The Labute approximate surface area is 117 Å². The van der Waals surface area contributed by atoms with Crippen LogP contribution in [0.2, 0.25) is 0 Å². The van der Waals surface area contributed by atoms with Gasteiger partial charge in [-0.1, -0.05) is 12.1 Å². The van der Waals surface area contributed by atoms with Crippen LogP contribution in [-0.2, 0) is 17.8 Å². The van der Waals surface area contributed by atoms with E-state index in [2.05, 4.69) is 4.98 Å². The minimum atomic E-state index is -0.284. The molecule has 1 amide bonds. The number of nitrogens with two attached hydrogens (primary N) is 1. The van der Waals surface area contributed by atoms with E-state index < -0.39 is 0 Å². The summed E-state index contributed by atoms with van der Waals surface area (Å²) in [5.41, 5.74) is 7.67. The standard InChI is InChI=1S/C15H16FN3O/c1-19(10-11-2-4-12(16)5-3-11)15(20)8-14-7-6-13(17)9-18-14/h2-7,9H,8,10,17H2,1H3. The first-order valence-corrected chi connectivity index (χ1v) is 6.23.